The number of fused-ring (bicyclic) bond motifs is 1. The molecule has 24 heteroatoms. The SMILES string of the molecule is CNC(O)[C@H](O)[C@@H](O)[C@H](O)[C@H](O)CO.CSCC[C@H](NC(=O)[C@H](Cc1c[nH]c2ccccc12)NC(=O)CCNC(=O)OC(C)(C)C)C(=O)N[C@@H](CC(=O)O)C(=O)c1ccccc1NC(=O)[C@H](C)N. The van der Waals surface area contributed by atoms with Crippen molar-refractivity contribution in [1.82, 2.24) is 31.6 Å². The fourth-order valence-corrected chi connectivity index (χ4v) is 6.63. The van der Waals surface area contributed by atoms with Gasteiger partial charge in [-0.3, -0.25) is 34.1 Å². The van der Waals surface area contributed by atoms with Crippen molar-refractivity contribution >= 4 is 69.8 Å². The quantitative estimate of drug-likeness (QED) is 0.0337. The Hall–Kier alpha value is -5.70. The van der Waals surface area contributed by atoms with Crippen LogP contribution >= 0.6 is 11.8 Å². The number of aromatic amines is 1. The lowest BCUT2D eigenvalue weighted by atomic mass is 9.99. The molecule has 0 fully saturated rings. The summed E-state index contributed by atoms with van der Waals surface area (Å²) in [6.07, 6.45) is -6.16. The van der Waals surface area contributed by atoms with E-state index in [9.17, 15) is 48.9 Å². The highest BCUT2D eigenvalue weighted by Crippen LogP contribution is 2.21. The van der Waals surface area contributed by atoms with Gasteiger partial charge in [0.15, 0.2) is 5.78 Å². The van der Waals surface area contributed by atoms with Gasteiger partial charge in [0.25, 0.3) is 0 Å². The van der Waals surface area contributed by atoms with Crippen molar-refractivity contribution in [2.24, 2.45) is 5.73 Å². The molecule has 0 aliphatic rings. The Morgan fingerprint density at radius 2 is 1.44 bits per heavy atom. The molecule has 0 bridgehead atoms. The third-order valence-corrected chi connectivity index (χ3v) is 10.4. The molecule has 0 saturated carbocycles. The number of para-hydroxylation sites is 2. The number of carbonyl (C=O) groups excluding carboxylic acids is 6. The van der Waals surface area contributed by atoms with E-state index in [1.54, 1.807) is 39.3 Å². The Morgan fingerprint density at radius 1 is 0.824 bits per heavy atom. The van der Waals surface area contributed by atoms with Crippen LogP contribution in [-0.4, -0.2) is 175 Å². The van der Waals surface area contributed by atoms with E-state index in [1.165, 1.54) is 43.9 Å². The summed E-state index contributed by atoms with van der Waals surface area (Å²) in [4.78, 5) is 94.0. The maximum absolute atomic E-state index is 14.0. The molecule has 23 nitrogen and oxygen atoms in total. The first kappa shape index (κ1) is 58.4. The molecule has 3 rings (SSSR count). The second-order valence-corrected chi connectivity index (χ2v) is 17.5. The number of hydrogen-bond acceptors (Lipinski definition) is 17. The van der Waals surface area contributed by atoms with Crippen LogP contribution in [0.3, 0.4) is 0 Å². The summed E-state index contributed by atoms with van der Waals surface area (Å²) >= 11 is 1.39. The van der Waals surface area contributed by atoms with Gasteiger partial charge in [-0.05, 0) is 76.9 Å². The number of hydrogen-bond donors (Lipinski definition) is 15. The Morgan fingerprint density at radius 3 is 2.04 bits per heavy atom. The minimum absolute atomic E-state index is 0.0298. The second kappa shape index (κ2) is 28.6. The number of anilines is 1. The maximum atomic E-state index is 14.0. The minimum atomic E-state index is -1.75. The number of amides is 5. The van der Waals surface area contributed by atoms with Crippen LogP contribution in [0.4, 0.5) is 10.5 Å². The van der Waals surface area contributed by atoms with Crippen molar-refractivity contribution in [3.63, 3.8) is 0 Å². The number of aliphatic hydroxyl groups excluding tert-OH is 6. The number of aliphatic hydroxyl groups is 6. The normalized spacial score (nSPS) is 15.3. The van der Waals surface area contributed by atoms with E-state index in [2.05, 4.69) is 36.9 Å². The molecule has 1 aromatic heterocycles. The summed E-state index contributed by atoms with van der Waals surface area (Å²) < 4.78 is 5.20. The number of nitrogens with one attached hydrogen (secondary N) is 7. The number of ether oxygens (including phenoxy) is 1. The fraction of sp³-hybridized carbons (Fsp3) is 0.523. The van der Waals surface area contributed by atoms with E-state index in [0.29, 0.717) is 11.3 Å². The van der Waals surface area contributed by atoms with Crippen molar-refractivity contribution in [3.05, 3.63) is 65.9 Å². The number of alkyl carbamates (subject to hydrolysis) is 1. The molecule has 0 spiro atoms. The average molecular weight is 979 g/mol. The number of rotatable bonds is 25. The summed E-state index contributed by atoms with van der Waals surface area (Å²) in [6.45, 7) is 5.74. The Balaban J connectivity index is 0.000000975. The number of aromatic nitrogens is 1. The Bertz CT molecular complexity index is 2120. The number of carboxylic acids is 1. The number of carbonyl (C=O) groups is 7. The van der Waals surface area contributed by atoms with Crippen molar-refractivity contribution < 1.29 is 74.0 Å². The maximum Gasteiger partial charge on any atom is 0.407 e. The highest BCUT2D eigenvalue weighted by molar-refractivity contribution is 7.98. The summed E-state index contributed by atoms with van der Waals surface area (Å²) in [5, 5.41) is 79.6. The van der Waals surface area contributed by atoms with E-state index in [0.717, 1.165) is 10.9 Å². The summed E-state index contributed by atoms with van der Waals surface area (Å²) in [5.41, 5.74) is 6.48. The number of likely N-dealkylation sites (N-methyl/N-ethyl adjacent to an activating group) is 1. The lowest BCUT2D eigenvalue weighted by Crippen LogP contribution is -2.56. The molecular formula is C44H66N8O15S. The summed E-state index contributed by atoms with van der Waals surface area (Å²) in [7, 11) is 1.34. The molecule has 16 N–H and O–H groups in total. The molecule has 68 heavy (non-hydrogen) atoms. The number of carboxylic acid groups (broad SMARTS) is 1. The van der Waals surface area contributed by atoms with E-state index < -0.39 is 115 Å². The minimum Gasteiger partial charge on any atom is -0.481 e. The van der Waals surface area contributed by atoms with E-state index in [4.69, 9.17) is 30.9 Å². The van der Waals surface area contributed by atoms with Gasteiger partial charge in [0, 0.05) is 42.0 Å². The first-order valence-electron chi connectivity index (χ1n) is 21.4. The van der Waals surface area contributed by atoms with E-state index in [-0.39, 0.29) is 37.1 Å². The zero-order chi connectivity index (χ0) is 51.3. The second-order valence-electron chi connectivity index (χ2n) is 16.5. The van der Waals surface area contributed by atoms with Gasteiger partial charge >= 0.3 is 12.1 Å². The van der Waals surface area contributed by atoms with Crippen molar-refractivity contribution in [2.45, 2.75) is 114 Å². The van der Waals surface area contributed by atoms with Gasteiger partial charge in [0.2, 0.25) is 23.6 Å². The predicted molar refractivity (Wildman–Crippen MR) is 251 cm³/mol. The molecule has 0 saturated heterocycles. The Kier molecular flexibility index (Phi) is 24.6. The zero-order valence-corrected chi connectivity index (χ0v) is 39.5. The van der Waals surface area contributed by atoms with Gasteiger partial charge in [0.1, 0.15) is 54.4 Å². The highest BCUT2D eigenvalue weighted by atomic mass is 32.2. The highest BCUT2D eigenvalue weighted by Gasteiger charge is 2.34. The van der Waals surface area contributed by atoms with Gasteiger partial charge in [0.05, 0.1) is 24.8 Å². The molecule has 0 radical (unpaired) electrons. The molecule has 378 valence electrons. The number of ketones is 1. The van der Waals surface area contributed by atoms with Crippen LogP contribution in [0.25, 0.3) is 10.9 Å². The van der Waals surface area contributed by atoms with Crippen LogP contribution in [0.2, 0.25) is 0 Å². The molecule has 3 aromatic rings. The number of aliphatic carboxylic acids is 1. The average Bonchev–Trinajstić information content (AvgIpc) is 3.70. The van der Waals surface area contributed by atoms with Crippen molar-refractivity contribution in [1.29, 1.82) is 0 Å². The van der Waals surface area contributed by atoms with Gasteiger partial charge in [-0.2, -0.15) is 11.8 Å². The summed E-state index contributed by atoms with van der Waals surface area (Å²) in [5.74, 6) is -4.44. The van der Waals surface area contributed by atoms with Crippen LogP contribution in [-0.2, 0) is 35.1 Å². The number of H-pyrrole nitrogens is 1. The van der Waals surface area contributed by atoms with Gasteiger partial charge in [-0.25, -0.2) is 4.79 Å². The monoisotopic (exact) mass is 978 g/mol. The molecule has 2 aromatic carbocycles. The largest absolute Gasteiger partial charge is 0.481 e. The van der Waals surface area contributed by atoms with Crippen molar-refractivity contribution in [2.75, 3.05) is 37.5 Å². The van der Waals surface area contributed by atoms with Gasteiger partial charge < -0.3 is 77.8 Å². The van der Waals surface area contributed by atoms with E-state index in [1.807, 2.05) is 24.3 Å². The first-order chi connectivity index (χ1) is 31.9. The lowest BCUT2D eigenvalue weighted by molar-refractivity contribution is -0.144. The molecule has 0 aliphatic carbocycles. The fourth-order valence-electron chi connectivity index (χ4n) is 6.16. The van der Waals surface area contributed by atoms with Gasteiger partial charge in [-0.15, -0.1) is 0 Å². The molecule has 5 amide bonds. The standard InChI is InChI=1S/C37H49N7O9S.C7H17NO6/c1-21(38)33(49)42-26-13-9-7-11-24(26)32(48)28(19-31(46)47)44-34(50)27(15-17-54-5)43-35(51)29(18-22-20-40-25-12-8-6-10-23(22)25)41-30(45)14-16-39-36(52)53-37(2,3)4;1-8-7(14)6(13)5(12)4(11)3(10)2-9/h6-13,20-21,27-29,40H,14-19,38H2,1-5H3,(H,39,52)(H,41,45)(H,42,49)(H,43,51)(H,44,50)(H,46,47);3-14H,2H2,1H3/t21-,27-,28-,29-;3-,4-,5+,6-,7?/m01/s1. The Labute approximate surface area is 397 Å². The molecule has 0 aliphatic heterocycles. The number of nitrogens with two attached hydrogens (primary N) is 1. The molecular weight excluding hydrogens is 913 g/mol. The van der Waals surface area contributed by atoms with E-state index >= 15 is 0 Å². The van der Waals surface area contributed by atoms with Crippen LogP contribution in [0, 0.1) is 0 Å². The molecule has 1 unspecified atom stereocenters. The van der Waals surface area contributed by atoms with Crippen LogP contribution in [0.1, 0.15) is 62.9 Å². The topological polar surface area (TPSA) is 384 Å². The molecule has 9 atom stereocenters. The number of benzene rings is 2. The number of Topliss-reactive ketones (excluding diaryl/α,β-unsaturated/α-hetero) is 1. The third-order valence-electron chi connectivity index (χ3n) is 9.79. The third kappa shape index (κ3) is 19.5. The predicted octanol–water partition coefficient (Wildman–Crippen LogP) is -1.56. The molecule has 1 heterocycles. The lowest BCUT2D eigenvalue weighted by Gasteiger charge is -2.28. The summed E-state index contributed by atoms with van der Waals surface area (Å²) in [6, 6.07) is 8.42. The first-order valence-corrected chi connectivity index (χ1v) is 22.8. The van der Waals surface area contributed by atoms with Crippen LogP contribution < -0.4 is 37.6 Å². The zero-order valence-electron chi connectivity index (χ0n) is 38.7. The van der Waals surface area contributed by atoms with Gasteiger partial charge in [-0.1, -0.05) is 30.3 Å². The van der Waals surface area contributed by atoms with Crippen LogP contribution in [0.5, 0.6) is 0 Å². The smallest absolute Gasteiger partial charge is 0.407 e. The van der Waals surface area contributed by atoms with Crippen molar-refractivity contribution in [3.8, 4) is 0 Å². The number of thioether (sulfide) groups is 1. The van der Waals surface area contributed by atoms with Crippen LogP contribution in [0.15, 0.2) is 54.7 Å².